The number of rotatable bonds is 7. The van der Waals surface area contributed by atoms with Crippen LogP contribution in [-0.4, -0.2) is 68.7 Å². The summed E-state index contributed by atoms with van der Waals surface area (Å²) in [6.07, 6.45) is 2.48. The standard InChI is InChI=1S/C27H27FN8O3/c1-3-24(38)30-17-5-4-6-19(13-17)36-23(16-37)32-26(39)20-15-29-27(33-25(20)36)31-18-7-8-22(21(28)14-18)35-11-9-34(2)10-12-35/h3-8,13-15,37H,1,9-12,16H2,2H3,(H,30,38)(H,29,31,33). The molecule has 2 aromatic carbocycles. The number of nitrogens with one attached hydrogen (secondary N) is 2. The predicted octanol–water partition coefficient (Wildman–Crippen LogP) is 2.43. The Morgan fingerprint density at radius 3 is 2.64 bits per heavy atom. The zero-order valence-electron chi connectivity index (χ0n) is 21.3. The highest BCUT2D eigenvalue weighted by Crippen LogP contribution is 2.26. The van der Waals surface area contributed by atoms with Gasteiger partial charge in [-0.05, 0) is 49.5 Å². The fourth-order valence-corrected chi connectivity index (χ4v) is 4.42. The van der Waals surface area contributed by atoms with Gasteiger partial charge in [-0.15, -0.1) is 0 Å². The van der Waals surface area contributed by atoms with Gasteiger partial charge in [0.15, 0.2) is 5.65 Å². The summed E-state index contributed by atoms with van der Waals surface area (Å²) in [7, 11) is 2.04. The van der Waals surface area contributed by atoms with Crippen LogP contribution in [0.25, 0.3) is 16.7 Å². The molecule has 200 valence electrons. The second kappa shape index (κ2) is 11.0. The third-order valence-electron chi connectivity index (χ3n) is 6.45. The zero-order valence-corrected chi connectivity index (χ0v) is 21.3. The van der Waals surface area contributed by atoms with E-state index in [0.29, 0.717) is 22.7 Å². The highest BCUT2D eigenvalue weighted by Gasteiger charge is 2.19. The maximum absolute atomic E-state index is 15.0. The van der Waals surface area contributed by atoms with Crippen molar-refractivity contribution in [2.45, 2.75) is 6.61 Å². The van der Waals surface area contributed by atoms with Gasteiger partial charge >= 0.3 is 0 Å². The molecule has 3 N–H and O–H groups in total. The Morgan fingerprint density at radius 1 is 1.13 bits per heavy atom. The van der Waals surface area contributed by atoms with Crippen molar-refractivity contribution in [2.24, 2.45) is 0 Å². The van der Waals surface area contributed by atoms with E-state index in [4.69, 9.17) is 0 Å². The van der Waals surface area contributed by atoms with Crippen molar-refractivity contribution in [2.75, 3.05) is 48.8 Å². The number of anilines is 4. The summed E-state index contributed by atoms with van der Waals surface area (Å²) < 4.78 is 16.5. The lowest BCUT2D eigenvalue weighted by Crippen LogP contribution is -2.44. The van der Waals surface area contributed by atoms with Gasteiger partial charge < -0.3 is 25.5 Å². The molecule has 0 unspecified atom stereocenters. The van der Waals surface area contributed by atoms with E-state index < -0.39 is 18.1 Å². The number of aliphatic hydroxyl groups excluding tert-OH is 1. The molecule has 0 bridgehead atoms. The van der Waals surface area contributed by atoms with Gasteiger partial charge in [-0.2, -0.15) is 9.97 Å². The number of benzene rings is 2. The molecule has 4 aromatic rings. The highest BCUT2D eigenvalue weighted by atomic mass is 19.1. The van der Waals surface area contributed by atoms with Crippen LogP contribution in [0.2, 0.25) is 0 Å². The topological polar surface area (TPSA) is 129 Å². The molecule has 0 aliphatic carbocycles. The third kappa shape index (κ3) is 5.47. The molecule has 0 atom stereocenters. The lowest BCUT2D eigenvalue weighted by atomic mass is 10.2. The predicted molar refractivity (Wildman–Crippen MR) is 147 cm³/mol. The molecule has 1 saturated heterocycles. The summed E-state index contributed by atoms with van der Waals surface area (Å²) in [5.41, 5.74) is 1.50. The van der Waals surface area contributed by atoms with E-state index in [1.54, 1.807) is 36.4 Å². The Kier molecular flexibility index (Phi) is 7.30. The van der Waals surface area contributed by atoms with Crippen LogP contribution in [0.1, 0.15) is 5.82 Å². The Morgan fingerprint density at radius 2 is 1.92 bits per heavy atom. The largest absolute Gasteiger partial charge is 0.388 e. The van der Waals surface area contributed by atoms with Gasteiger partial charge in [-0.25, -0.2) is 9.37 Å². The Labute approximate surface area is 223 Å². The molecule has 1 amide bonds. The van der Waals surface area contributed by atoms with Gasteiger partial charge in [0.25, 0.3) is 5.56 Å². The van der Waals surface area contributed by atoms with E-state index in [1.807, 2.05) is 11.9 Å². The number of hydrogen-bond donors (Lipinski definition) is 3. The van der Waals surface area contributed by atoms with Crippen molar-refractivity contribution in [1.29, 1.82) is 0 Å². The number of aromatic nitrogens is 4. The van der Waals surface area contributed by atoms with Crippen molar-refractivity contribution in [1.82, 2.24) is 24.4 Å². The van der Waals surface area contributed by atoms with E-state index in [1.165, 1.54) is 16.8 Å². The van der Waals surface area contributed by atoms with Crippen LogP contribution in [-0.2, 0) is 11.4 Å². The number of fused-ring (bicyclic) bond motifs is 1. The highest BCUT2D eigenvalue weighted by molar-refractivity contribution is 5.99. The fraction of sp³-hybridized carbons (Fsp3) is 0.222. The molecular formula is C27H27FN8O3. The first-order valence-electron chi connectivity index (χ1n) is 12.3. The van der Waals surface area contributed by atoms with Crippen molar-refractivity contribution in [3.05, 3.63) is 83.3 Å². The van der Waals surface area contributed by atoms with E-state index in [9.17, 15) is 14.7 Å². The van der Waals surface area contributed by atoms with Gasteiger partial charge in [0.1, 0.15) is 23.6 Å². The second-order valence-electron chi connectivity index (χ2n) is 9.08. The average Bonchev–Trinajstić information content (AvgIpc) is 2.93. The van der Waals surface area contributed by atoms with Gasteiger partial charge in [0.05, 0.1) is 11.4 Å². The monoisotopic (exact) mass is 530 g/mol. The van der Waals surface area contributed by atoms with Crippen LogP contribution in [0.5, 0.6) is 0 Å². The summed E-state index contributed by atoms with van der Waals surface area (Å²) in [6, 6.07) is 11.6. The number of halogens is 1. The first-order chi connectivity index (χ1) is 18.9. The number of amides is 1. The van der Waals surface area contributed by atoms with E-state index in [2.05, 4.69) is 37.1 Å². The fourth-order valence-electron chi connectivity index (χ4n) is 4.42. The van der Waals surface area contributed by atoms with Crippen LogP contribution in [0.15, 0.2) is 66.1 Å². The minimum absolute atomic E-state index is 0.0481. The molecule has 11 nitrogen and oxygen atoms in total. The lowest BCUT2D eigenvalue weighted by Gasteiger charge is -2.34. The molecular weight excluding hydrogens is 503 g/mol. The molecule has 0 radical (unpaired) electrons. The first-order valence-corrected chi connectivity index (χ1v) is 12.3. The quantitative estimate of drug-likeness (QED) is 0.309. The van der Waals surface area contributed by atoms with Crippen LogP contribution in [0.4, 0.5) is 27.4 Å². The number of carbonyl (C=O) groups excluding carboxylic acids is 1. The van der Waals surface area contributed by atoms with Gasteiger partial charge in [0.2, 0.25) is 11.9 Å². The second-order valence-corrected chi connectivity index (χ2v) is 9.08. The normalized spacial score (nSPS) is 13.9. The van der Waals surface area contributed by atoms with Crippen molar-refractivity contribution >= 4 is 40.0 Å². The van der Waals surface area contributed by atoms with E-state index in [-0.39, 0.29) is 28.6 Å². The van der Waals surface area contributed by atoms with Gasteiger partial charge in [0, 0.05) is 43.8 Å². The molecule has 2 aromatic heterocycles. The number of piperazine rings is 1. The maximum atomic E-state index is 15.0. The van der Waals surface area contributed by atoms with Crippen LogP contribution in [0, 0.1) is 5.82 Å². The average molecular weight is 531 g/mol. The number of likely N-dealkylation sites (N-methyl/N-ethyl adjacent to an activating group) is 1. The third-order valence-corrected chi connectivity index (χ3v) is 6.45. The summed E-state index contributed by atoms with van der Waals surface area (Å²) in [4.78, 5) is 41.4. The summed E-state index contributed by atoms with van der Waals surface area (Å²) in [6.45, 7) is 6.11. The molecule has 5 rings (SSSR count). The van der Waals surface area contributed by atoms with E-state index >= 15 is 4.39 Å². The Bertz CT molecular complexity index is 1610. The summed E-state index contributed by atoms with van der Waals surface area (Å²) in [5.74, 6) is -0.593. The number of nitrogens with zero attached hydrogens (tertiary/aromatic N) is 6. The van der Waals surface area contributed by atoms with Gasteiger partial charge in [-0.3, -0.25) is 14.2 Å². The smallest absolute Gasteiger partial charge is 0.284 e. The van der Waals surface area contributed by atoms with Crippen molar-refractivity contribution < 1.29 is 14.3 Å². The molecule has 1 fully saturated rings. The lowest BCUT2D eigenvalue weighted by molar-refractivity contribution is -0.111. The van der Waals surface area contributed by atoms with Crippen LogP contribution >= 0.6 is 0 Å². The molecule has 0 spiro atoms. The number of carbonyl (C=O) groups is 1. The molecule has 39 heavy (non-hydrogen) atoms. The van der Waals surface area contributed by atoms with Crippen molar-refractivity contribution in [3.8, 4) is 5.69 Å². The van der Waals surface area contributed by atoms with E-state index in [0.717, 1.165) is 32.3 Å². The van der Waals surface area contributed by atoms with Gasteiger partial charge in [-0.1, -0.05) is 12.6 Å². The summed E-state index contributed by atoms with van der Waals surface area (Å²) >= 11 is 0. The Balaban J connectivity index is 1.51. The summed E-state index contributed by atoms with van der Waals surface area (Å²) in [5, 5.41) is 15.8. The SMILES string of the molecule is C=CC(=O)Nc1cccc(-n2c(CO)nc(=O)c3cnc(Nc4ccc(N5CCN(C)CC5)c(F)c4)nc32)c1. The molecule has 12 heteroatoms. The minimum atomic E-state index is -0.601. The van der Waals surface area contributed by atoms with Crippen molar-refractivity contribution in [3.63, 3.8) is 0 Å². The first kappa shape index (κ1) is 25.9. The number of hydrogen-bond acceptors (Lipinski definition) is 9. The molecule has 1 aliphatic heterocycles. The molecule has 3 heterocycles. The maximum Gasteiger partial charge on any atom is 0.284 e. The molecule has 1 aliphatic rings. The molecule has 0 saturated carbocycles. The number of aliphatic hydroxyl groups is 1. The zero-order chi connectivity index (χ0) is 27.5. The van der Waals surface area contributed by atoms with Crippen LogP contribution < -0.4 is 21.1 Å². The van der Waals surface area contributed by atoms with Crippen LogP contribution in [0.3, 0.4) is 0 Å². The minimum Gasteiger partial charge on any atom is -0.388 e. The Hall–Kier alpha value is -4.68.